The van der Waals surface area contributed by atoms with Gasteiger partial charge in [0.1, 0.15) is 5.75 Å². The van der Waals surface area contributed by atoms with Crippen molar-refractivity contribution in [3.8, 4) is 16.9 Å². The van der Waals surface area contributed by atoms with Crippen molar-refractivity contribution in [1.29, 1.82) is 0 Å². The van der Waals surface area contributed by atoms with Crippen LogP contribution in [0.5, 0.6) is 5.75 Å². The van der Waals surface area contributed by atoms with Gasteiger partial charge in [-0.2, -0.15) is 0 Å². The zero-order valence-electron chi connectivity index (χ0n) is 14.9. The van der Waals surface area contributed by atoms with E-state index in [1.165, 1.54) is 54.4 Å². The second-order valence-corrected chi connectivity index (χ2v) is 6.69. The minimum Gasteiger partial charge on any atom is -0.494 e. The minimum absolute atomic E-state index is 0.711. The van der Waals surface area contributed by atoms with Crippen LogP contribution in [0.2, 0.25) is 0 Å². The molecule has 0 saturated heterocycles. The maximum atomic E-state index is 5.51. The fourth-order valence-corrected chi connectivity index (χ4v) is 3.61. The first-order chi connectivity index (χ1) is 11.8. The van der Waals surface area contributed by atoms with Gasteiger partial charge in [0.05, 0.1) is 6.61 Å². The van der Waals surface area contributed by atoms with Gasteiger partial charge in [-0.05, 0) is 66.5 Å². The van der Waals surface area contributed by atoms with Crippen molar-refractivity contribution in [1.82, 2.24) is 0 Å². The smallest absolute Gasteiger partial charge is 0.119 e. The van der Waals surface area contributed by atoms with Gasteiger partial charge >= 0.3 is 0 Å². The van der Waals surface area contributed by atoms with Gasteiger partial charge in [-0.3, -0.25) is 0 Å². The van der Waals surface area contributed by atoms with Crippen LogP contribution < -0.4 is 4.74 Å². The molecule has 0 N–H and O–H groups in total. The molecule has 0 spiro atoms. The minimum atomic E-state index is 0.711. The SMILES string of the molecule is CCCC1CC=C(c2ccc(-c3ccc(OCC)cc3)cc2)CC1. The van der Waals surface area contributed by atoms with Crippen molar-refractivity contribution < 1.29 is 4.74 Å². The summed E-state index contributed by atoms with van der Waals surface area (Å²) in [5, 5.41) is 0. The zero-order valence-corrected chi connectivity index (χ0v) is 14.9. The third-order valence-corrected chi connectivity index (χ3v) is 4.97. The molecule has 24 heavy (non-hydrogen) atoms. The van der Waals surface area contributed by atoms with Crippen molar-refractivity contribution in [3.63, 3.8) is 0 Å². The second kappa shape index (κ2) is 8.19. The molecule has 0 fully saturated rings. The highest BCUT2D eigenvalue weighted by Crippen LogP contribution is 2.33. The summed E-state index contributed by atoms with van der Waals surface area (Å²) < 4.78 is 5.51. The predicted molar refractivity (Wildman–Crippen MR) is 103 cm³/mol. The average molecular weight is 320 g/mol. The number of benzene rings is 2. The highest BCUT2D eigenvalue weighted by atomic mass is 16.5. The van der Waals surface area contributed by atoms with Crippen LogP contribution in [-0.2, 0) is 0 Å². The fourth-order valence-electron chi connectivity index (χ4n) is 3.61. The van der Waals surface area contributed by atoms with Gasteiger partial charge in [0, 0.05) is 0 Å². The molecule has 0 aromatic heterocycles. The molecule has 0 aliphatic heterocycles. The third kappa shape index (κ3) is 4.08. The lowest BCUT2D eigenvalue weighted by atomic mass is 9.84. The van der Waals surface area contributed by atoms with Crippen LogP contribution in [0.25, 0.3) is 16.7 Å². The van der Waals surface area contributed by atoms with Gasteiger partial charge in [0.2, 0.25) is 0 Å². The third-order valence-electron chi connectivity index (χ3n) is 4.97. The van der Waals surface area contributed by atoms with Gasteiger partial charge in [-0.1, -0.05) is 62.2 Å². The van der Waals surface area contributed by atoms with E-state index in [0.29, 0.717) is 6.61 Å². The maximum Gasteiger partial charge on any atom is 0.119 e. The summed E-state index contributed by atoms with van der Waals surface area (Å²) in [4.78, 5) is 0. The van der Waals surface area contributed by atoms with Crippen molar-refractivity contribution >= 4 is 5.57 Å². The predicted octanol–water partition coefficient (Wildman–Crippen LogP) is 6.74. The van der Waals surface area contributed by atoms with Crippen molar-refractivity contribution in [3.05, 3.63) is 60.2 Å². The quantitative estimate of drug-likeness (QED) is 0.573. The van der Waals surface area contributed by atoms with Crippen LogP contribution in [-0.4, -0.2) is 6.61 Å². The highest BCUT2D eigenvalue weighted by Gasteiger charge is 2.14. The summed E-state index contributed by atoms with van der Waals surface area (Å²) in [5.41, 5.74) is 5.42. The van der Waals surface area contributed by atoms with E-state index in [1.807, 2.05) is 19.1 Å². The lowest BCUT2D eigenvalue weighted by Crippen LogP contribution is -2.04. The molecule has 126 valence electrons. The number of ether oxygens (including phenoxy) is 1. The summed E-state index contributed by atoms with van der Waals surface area (Å²) in [6, 6.07) is 17.4. The molecule has 3 rings (SSSR count). The van der Waals surface area contributed by atoms with Crippen LogP contribution >= 0.6 is 0 Å². The molecular weight excluding hydrogens is 292 g/mol. The number of hydrogen-bond acceptors (Lipinski definition) is 1. The number of rotatable bonds is 6. The monoisotopic (exact) mass is 320 g/mol. The summed E-state index contributed by atoms with van der Waals surface area (Å²) in [7, 11) is 0. The number of hydrogen-bond donors (Lipinski definition) is 0. The van der Waals surface area contributed by atoms with Crippen LogP contribution in [0.1, 0.15) is 51.5 Å². The van der Waals surface area contributed by atoms with Crippen LogP contribution in [0.4, 0.5) is 0 Å². The van der Waals surface area contributed by atoms with E-state index < -0.39 is 0 Å². The Labute approximate surface area is 146 Å². The molecule has 0 amide bonds. The maximum absolute atomic E-state index is 5.51. The van der Waals surface area contributed by atoms with E-state index >= 15 is 0 Å². The van der Waals surface area contributed by atoms with E-state index in [0.717, 1.165) is 11.7 Å². The highest BCUT2D eigenvalue weighted by molar-refractivity contribution is 5.71. The fraction of sp³-hybridized carbons (Fsp3) is 0.391. The molecule has 0 heterocycles. The molecule has 0 saturated carbocycles. The van der Waals surface area contributed by atoms with E-state index in [9.17, 15) is 0 Å². The lowest BCUT2D eigenvalue weighted by molar-refractivity contribution is 0.340. The second-order valence-electron chi connectivity index (χ2n) is 6.69. The molecule has 1 nitrogen and oxygen atoms in total. The van der Waals surface area contributed by atoms with E-state index in [2.05, 4.69) is 49.4 Å². The van der Waals surface area contributed by atoms with Gasteiger partial charge in [-0.15, -0.1) is 0 Å². The molecule has 1 atom stereocenters. The van der Waals surface area contributed by atoms with Crippen molar-refractivity contribution in [2.24, 2.45) is 5.92 Å². The molecule has 1 heteroatoms. The molecule has 1 aliphatic carbocycles. The standard InChI is InChI=1S/C23H28O/c1-3-5-18-6-8-19(9-7-18)20-10-12-21(13-11-20)22-14-16-23(17-15-22)24-4-2/h8,10-18H,3-7,9H2,1-2H3. The number of allylic oxidation sites excluding steroid dienone is 2. The van der Waals surface area contributed by atoms with E-state index in [1.54, 1.807) is 0 Å². The Balaban J connectivity index is 1.69. The normalized spacial score (nSPS) is 17.4. The molecule has 2 aromatic rings. The zero-order chi connectivity index (χ0) is 16.8. The first kappa shape index (κ1) is 16.8. The first-order valence-corrected chi connectivity index (χ1v) is 9.32. The summed E-state index contributed by atoms with van der Waals surface area (Å²) in [6.07, 6.45) is 8.98. The van der Waals surface area contributed by atoms with Crippen LogP contribution in [0.15, 0.2) is 54.6 Å². The van der Waals surface area contributed by atoms with Gasteiger partial charge < -0.3 is 4.74 Å². The summed E-state index contributed by atoms with van der Waals surface area (Å²) in [5.74, 6) is 1.84. The first-order valence-electron chi connectivity index (χ1n) is 9.32. The molecule has 1 unspecified atom stereocenters. The Kier molecular flexibility index (Phi) is 5.74. The van der Waals surface area contributed by atoms with Gasteiger partial charge in [0.15, 0.2) is 0 Å². The van der Waals surface area contributed by atoms with Crippen LogP contribution in [0, 0.1) is 5.92 Å². The molecule has 0 bridgehead atoms. The molecule has 1 aliphatic rings. The van der Waals surface area contributed by atoms with Crippen molar-refractivity contribution in [2.75, 3.05) is 6.61 Å². The summed E-state index contributed by atoms with van der Waals surface area (Å²) in [6.45, 7) is 5.01. The Morgan fingerprint density at radius 1 is 0.875 bits per heavy atom. The summed E-state index contributed by atoms with van der Waals surface area (Å²) >= 11 is 0. The Hall–Kier alpha value is -2.02. The van der Waals surface area contributed by atoms with Gasteiger partial charge in [0.25, 0.3) is 0 Å². The molecule has 0 radical (unpaired) electrons. The topological polar surface area (TPSA) is 9.23 Å². The van der Waals surface area contributed by atoms with E-state index in [4.69, 9.17) is 4.74 Å². The van der Waals surface area contributed by atoms with Gasteiger partial charge in [-0.25, -0.2) is 0 Å². The Morgan fingerprint density at radius 2 is 1.50 bits per heavy atom. The largest absolute Gasteiger partial charge is 0.494 e. The Morgan fingerprint density at radius 3 is 2.04 bits per heavy atom. The van der Waals surface area contributed by atoms with Crippen LogP contribution in [0.3, 0.4) is 0 Å². The average Bonchev–Trinajstić information content (AvgIpc) is 2.64. The van der Waals surface area contributed by atoms with Crippen molar-refractivity contribution in [2.45, 2.75) is 46.0 Å². The van der Waals surface area contributed by atoms with E-state index in [-0.39, 0.29) is 0 Å². The Bertz CT molecular complexity index is 664. The lowest BCUT2D eigenvalue weighted by Gasteiger charge is -2.21. The molecular formula is C23H28O. The molecule has 2 aromatic carbocycles.